The Morgan fingerprint density at radius 2 is 2.00 bits per heavy atom. The molecular formula is C15H30N2O. The first kappa shape index (κ1) is 15.5. The zero-order valence-electron chi connectivity index (χ0n) is 12.5. The van der Waals surface area contributed by atoms with E-state index in [1.165, 1.54) is 12.8 Å². The van der Waals surface area contributed by atoms with Crippen molar-refractivity contribution in [2.75, 3.05) is 13.1 Å². The van der Waals surface area contributed by atoms with Gasteiger partial charge in [0.2, 0.25) is 5.91 Å². The molecule has 1 rings (SSSR count). The molecule has 1 heterocycles. The maximum Gasteiger partial charge on any atom is 0.224 e. The van der Waals surface area contributed by atoms with E-state index >= 15 is 0 Å². The van der Waals surface area contributed by atoms with E-state index in [1.807, 2.05) is 4.90 Å². The molecule has 2 unspecified atom stereocenters. The van der Waals surface area contributed by atoms with Crippen LogP contribution in [0.4, 0.5) is 0 Å². The molecule has 1 aliphatic heterocycles. The molecule has 1 amide bonds. The minimum absolute atomic E-state index is 0.00740. The number of likely N-dealkylation sites (tertiary alicyclic amines) is 1. The van der Waals surface area contributed by atoms with Crippen LogP contribution in [0.3, 0.4) is 0 Å². The average Bonchev–Trinajstić information content (AvgIpc) is 2.52. The Bertz CT molecular complexity index is 270. The highest BCUT2D eigenvalue weighted by atomic mass is 16.2. The summed E-state index contributed by atoms with van der Waals surface area (Å²) in [6.07, 6.45) is 5.30. The molecule has 0 aromatic rings. The predicted octanol–water partition coefficient (Wildman–Crippen LogP) is 2.79. The van der Waals surface area contributed by atoms with Gasteiger partial charge in [-0.15, -0.1) is 0 Å². The highest BCUT2D eigenvalue weighted by Gasteiger charge is 2.26. The smallest absolute Gasteiger partial charge is 0.224 e. The standard InChI is InChI=1S/C15H30N2O/c1-5-12-7-6-9-17(10-8-12)14(18)11-13(16)15(2,3)4/h12-13H,5-11,16H2,1-4H3. The monoisotopic (exact) mass is 254 g/mol. The van der Waals surface area contributed by atoms with Crippen molar-refractivity contribution < 1.29 is 4.79 Å². The molecule has 3 heteroatoms. The van der Waals surface area contributed by atoms with Gasteiger partial charge < -0.3 is 10.6 Å². The van der Waals surface area contributed by atoms with E-state index in [4.69, 9.17) is 5.73 Å². The van der Waals surface area contributed by atoms with Gasteiger partial charge in [-0.05, 0) is 30.6 Å². The molecule has 18 heavy (non-hydrogen) atoms. The summed E-state index contributed by atoms with van der Waals surface area (Å²) in [6, 6.07) is -0.0461. The number of nitrogens with zero attached hydrogens (tertiary/aromatic N) is 1. The van der Waals surface area contributed by atoms with Crippen LogP contribution in [0.1, 0.15) is 59.8 Å². The summed E-state index contributed by atoms with van der Waals surface area (Å²) in [6.45, 7) is 10.4. The molecule has 1 aliphatic rings. The van der Waals surface area contributed by atoms with E-state index in [2.05, 4.69) is 27.7 Å². The minimum Gasteiger partial charge on any atom is -0.343 e. The second-order valence-electron chi connectivity index (χ2n) is 6.76. The van der Waals surface area contributed by atoms with Crippen LogP contribution in [0.2, 0.25) is 0 Å². The molecule has 0 spiro atoms. The van der Waals surface area contributed by atoms with Gasteiger partial charge in [-0.3, -0.25) is 4.79 Å². The first-order valence-corrected chi connectivity index (χ1v) is 7.38. The normalized spacial score (nSPS) is 23.6. The second kappa shape index (κ2) is 6.55. The minimum atomic E-state index is -0.0461. The van der Waals surface area contributed by atoms with E-state index in [1.54, 1.807) is 0 Å². The van der Waals surface area contributed by atoms with Gasteiger partial charge in [0.1, 0.15) is 0 Å². The van der Waals surface area contributed by atoms with Crippen molar-refractivity contribution in [2.45, 2.75) is 65.8 Å². The Morgan fingerprint density at radius 1 is 1.33 bits per heavy atom. The molecule has 2 atom stereocenters. The fourth-order valence-electron chi connectivity index (χ4n) is 2.45. The van der Waals surface area contributed by atoms with Crippen LogP contribution >= 0.6 is 0 Å². The van der Waals surface area contributed by atoms with Crippen molar-refractivity contribution in [1.29, 1.82) is 0 Å². The molecule has 2 N–H and O–H groups in total. The molecule has 106 valence electrons. The molecule has 0 aliphatic carbocycles. The van der Waals surface area contributed by atoms with Crippen molar-refractivity contribution in [1.82, 2.24) is 4.90 Å². The fourth-order valence-corrected chi connectivity index (χ4v) is 2.45. The van der Waals surface area contributed by atoms with Gasteiger partial charge >= 0.3 is 0 Å². The van der Waals surface area contributed by atoms with Crippen molar-refractivity contribution in [2.24, 2.45) is 17.1 Å². The number of hydrogen-bond acceptors (Lipinski definition) is 2. The third kappa shape index (κ3) is 4.60. The first-order valence-electron chi connectivity index (χ1n) is 7.38. The van der Waals surface area contributed by atoms with Crippen LogP contribution in [0.5, 0.6) is 0 Å². The number of rotatable bonds is 3. The molecule has 1 saturated heterocycles. The number of carbonyl (C=O) groups is 1. The largest absolute Gasteiger partial charge is 0.343 e. The average molecular weight is 254 g/mol. The third-order valence-corrected chi connectivity index (χ3v) is 4.28. The molecule has 0 aromatic carbocycles. The third-order valence-electron chi connectivity index (χ3n) is 4.28. The Kier molecular flexibility index (Phi) is 5.64. The summed E-state index contributed by atoms with van der Waals surface area (Å²) in [5.41, 5.74) is 6.11. The van der Waals surface area contributed by atoms with Crippen LogP contribution in [0, 0.1) is 11.3 Å². The first-order chi connectivity index (χ1) is 8.34. The molecule has 3 nitrogen and oxygen atoms in total. The van der Waals surface area contributed by atoms with Gasteiger partial charge in [0.15, 0.2) is 0 Å². The summed E-state index contributed by atoms with van der Waals surface area (Å²) in [4.78, 5) is 14.3. The maximum absolute atomic E-state index is 12.2. The van der Waals surface area contributed by atoms with Crippen LogP contribution < -0.4 is 5.73 Å². The summed E-state index contributed by atoms with van der Waals surface area (Å²) in [5.74, 6) is 1.05. The van der Waals surface area contributed by atoms with E-state index < -0.39 is 0 Å². The van der Waals surface area contributed by atoms with E-state index in [0.29, 0.717) is 6.42 Å². The highest BCUT2D eigenvalue weighted by molar-refractivity contribution is 5.76. The van der Waals surface area contributed by atoms with Crippen molar-refractivity contribution in [3.63, 3.8) is 0 Å². The molecule has 0 aromatic heterocycles. The molecule has 0 radical (unpaired) electrons. The topological polar surface area (TPSA) is 46.3 Å². The molecule has 0 bridgehead atoms. The second-order valence-corrected chi connectivity index (χ2v) is 6.76. The van der Waals surface area contributed by atoms with E-state index in [-0.39, 0.29) is 17.4 Å². The summed E-state index contributed by atoms with van der Waals surface area (Å²) in [5, 5.41) is 0. The zero-order chi connectivity index (χ0) is 13.8. The Labute approximate surface area is 112 Å². The molecule has 0 saturated carbocycles. The van der Waals surface area contributed by atoms with Crippen LogP contribution in [0.25, 0.3) is 0 Å². The van der Waals surface area contributed by atoms with Gasteiger partial charge in [0, 0.05) is 25.6 Å². The van der Waals surface area contributed by atoms with Gasteiger partial charge in [-0.25, -0.2) is 0 Å². The van der Waals surface area contributed by atoms with Crippen molar-refractivity contribution >= 4 is 5.91 Å². The van der Waals surface area contributed by atoms with Crippen molar-refractivity contribution in [3.05, 3.63) is 0 Å². The summed E-state index contributed by atoms with van der Waals surface area (Å²) < 4.78 is 0. The zero-order valence-corrected chi connectivity index (χ0v) is 12.5. The SMILES string of the molecule is CCC1CCCN(C(=O)CC(N)C(C)(C)C)CC1. The predicted molar refractivity (Wildman–Crippen MR) is 76.3 cm³/mol. The Hall–Kier alpha value is -0.570. The number of carbonyl (C=O) groups excluding carboxylic acids is 1. The van der Waals surface area contributed by atoms with Gasteiger partial charge in [-0.1, -0.05) is 34.1 Å². The van der Waals surface area contributed by atoms with Gasteiger partial charge in [-0.2, -0.15) is 0 Å². The summed E-state index contributed by atoms with van der Waals surface area (Å²) in [7, 11) is 0. The quantitative estimate of drug-likeness (QED) is 0.842. The van der Waals surface area contributed by atoms with Crippen LogP contribution in [0.15, 0.2) is 0 Å². The Morgan fingerprint density at radius 3 is 2.56 bits per heavy atom. The van der Waals surface area contributed by atoms with Crippen LogP contribution in [-0.4, -0.2) is 29.9 Å². The van der Waals surface area contributed by atoms with Crippen LogP contribution in [-0.2, 0) is 4.79 Å². The van der Waals surface area contributed by atoms with E-state index in [9.17, 15) is 4.79 Å². The number of nitrogens with two attached hydrogens (primary N) is 1. The lowest BCUT2D eigenvalue weighted by molar-refractivity contribution is -0.132. The van der Waals surface area contributed by atoms with Gasteiger partial charge in [0.25, 0.3) is 0 Å². The number of amides is 1. The maximum atomic E-state index is 12.2. The fraction of sp³-hybridized carbons (Fsp3) is 0.933. The Balaban J connectivity index is 2.47. The lowest BCUT2D eigenvalue weighted by Gasteiger charge is -2.29. The number of hydrogen-bond donors (Lipinski definition) is 1. The van der Waals surface area contributed by atoms with Gasteiger partial charge in [0.05, 0.1) is 0 Å². The lowest BCUT2D eigenvalue weighted by atomic mass is 9.85. The summed E-state index contributed by atoms with van der Waals surface area (Å²) >= 11 is 0. The molecule has 1 fully saturated rings. The van der Waals surface area contributed by atoms with Crippen molar-refractivity contribution in [3.8, 4) is 0 Å². The van der Waals surface area contributed by atoms with E-state index in [0.717, 1.165) is 31.8 Å². The highest BCUT2D eigenvalue weighted by Crippen LogP contribution is 2.23. The molecular weight excluding hydrogens is 224 g/mol. The lowest BCUT2D eigenvalue weighted by Crippen LogP contribution is -2.42.